The number of methoxy groups -OCH3 is 1. The predicted molar refractivity (Wildman–Crippen MR) is 188 cm³/mol. The first-order chi connectivity index (χ1) is 22.3. The van der Waals surface area contributed by atoms with Crippen molar-refractivity contribution in [3.05, 3.63) is 123 Å². The van der Waals surface area contributed by atoms with Gasteiger partial charge >= 0.3 is 0 Å². The Morgan fingerprint density at radius 2 is 1.51 bits per heavy atom. The van der Waals surface area contributed by atoms with Gasteiger partial charge in [0.15, 0.2) is 0 Å². The van der Waals surface area contributed by atoms with Gasteiger partial charge in [0.2, 0.25) is 11.8 Å². The molecule has 0 saturated heterocycles. The van der Waals surface area contributed by atoms with Gasteiger partial charge in [0, 0.05) is 19.0 Å². The zero-order chi connectivity index (χ0) is 34.3. The van der Waals surface area contributed by atoms with Gasteiger partial charge in [-0.25, -0.2) is 8.42 Å². The molecule has 2 amide bonds. The van der Waals surface area contributed by atoms with Crippen molar-refractivity contribution >= 4 is 62.3 Å². The van der Waals surface area contributed by atoms with E-state index >= 15 is 0 Å². The smallest absolute Gasteiger partial charge is 0.264 e. The van der Waals surface area contributed by atoms with Gasteiger partial charge in [0.25, 0.3) is 10.0 Å². The second kappa shape index (κ2) is 15.9. The van der Waals surface area contributed by atoms with Crippen molar-refractivity contribution in [3.63, 3.8) is 0 Å². The summed E-state index contributed by atoms with van der Waals surface area (Å²) in [6.45, 7) is 4.80. The molecule has 0 saturated carbocycles. The molecule has 1 N–H and O–H groups in total. The first kappa shape index (κ1) is 36.1. The number of hydrogen-bond donors (Lipinski definition) is 1. The predicted octanol–water partition coefficient (Wildman–Crippen LogP) is 7.32. The third-order valence-electron chi connectivity index (χ3n) is 7.35. The quantitative estimate of drug-likeness (QED) is 0.157. The maximum atomic E-state index is 14.6. The summed E-state index contributed by atoms with van der Waals surface area (Å²) in [5.41, 5.74) is 2.43. The molecule has 0 aliphatic heterocycles. The molecular weight excluding hydrogens is 681 g/mol. The molecule has 4 aromatic rings. The lowest BCUT2D eigenvalue weighted by Gasteiger charge is -2.34. The van der Waals surface area contributed by atoms with Gasteiger partial charge in [-0.2, -0.15) is 0 Å². The van der Waals surface area contributed by atoms with Crippen LogP contribution in [-0.4, -0.2) is 50.9 Å². The van der Waals surface area contributed by atoms with E-state index in [4.69, 9.17) is 39.5 Å². The SMILES string of the molecule is COc1ccc(N(CC(=O)N(Cc2ccc(Cl)c(Cl)c2)[C@@H](Cc2ccccc2)C(=O)NC(C)C)S(=O)(=O)c2ccc(C)cc2)cc1Cl. The van der Waals surface area contributed by atoms with Gasteiger partial charge in [-0.15, -0.1) is 0 Å². The van der Waals surface area contributed by atoms with Crippen LogP contribution in [0.15, 0.2) is 95.9 Å². The van der Waals surface area contributed by atoms with Crippen LogP contribution in [0.4, 0.5) is 5.69 Å². The first-order valence-corrected chi connectivity index (χ1v) is 17.4. The van der Waals surface area contributed by atoms with Gasteiger partial charge in [-0.1, -0.05) is 88.9 Å². The number of halogens is 3. The fourth-order valence-electron chi connectivity index (χ4n) is 4.95. The zero-order valence-electron chi connectivity index (χ0n) is 26.4. The lowest BCUT2D eigenvalue weighted by atomic mass is 10.0. The number of ether oxygens (including phenoxy) is 1. The maximum Gasteiger partial charge on any atom is 0.264 e. The topological polar surface area (TPSA) is 96.0 Å². The molecular formula is C35H36Cl3N3O5S. The molecule has 47 heavy (non-hydrogen) atoms. The van der Waals surface area contributed by atoms with Crippen LogP contribution in [0.5, 0.6) is 5.75 Å². The largest absolute Gasteiger partial charge is 0.495 e. The molecule has 0 aromatic heterocycles. The van der Waals surface area contributed by atoms with Crippen molar-refractivity contribution in [3.8, 4) is 5.75 Å². The van der Waals surface area contributed by atoms with Gasteiger partial charge in [-0.05, 0) is 74.4 Å². The number of aryl methyl sites for hydroxylation is 1. The highest BCUT2D eigenvalue weighted by Gasteiger charge is 2.35. The Morgan fingerprint density at radius 3 is 2.11 bits per heavy atom. The van der Waals surface area contributed by atoms with E-state index < -0.39 is 34.4 Å². The van der Waals surface area contributed by atoms with Crippen molar-refractivity contribution in [1.82, 2.24) is 10.2 Å². The minimum atomic E-state index is -4.30. The lowest BCUT2D eigenvalue weighted by molar-refractivity contribution is -0.140. The van der Waals surface area contributed by atoms with E-state index in [-0.39, 0.29) is 39.6 Å². The van der Waals surface area contributed by atoms with Crippen molar-refractivity contribution in [1.29, 1.82) is 0 Å². The Morgan fingerprint density at radius 1 is 0.830 bits per heavy atom. The van der Waals surface area contributed by atoms with Crippen LogP contribution in [-0.2, 0) is 32.6 Å². The summed E-state index contributed by atoms with van der Waals surface area (Å²) >= 11 is 18.9. The molecule has 12 heteroatoms. The van der Waals surface area contributed by atoms with E-state index in [1.165, 1.54) is 42.3 Å². The lowest BCUT2D eigenvalue weighted by Crippen LogP contribution is -2.54. The summed E-state index contributed by atoms with van der Waals surface area (Å²) in [6.07, 6.45) is 0.172. The number of hydrogen-bond acceptors (Lipinski definition) is 5. The molecule has 0 heterocycles. The van der Waals surface area contributed by atoms with E-state index in [9.17, 15) is 18.0 Å². The Balaban J connectivity index is 1.84. The summed E-state index contributed by atoms with van der Waals surface area (Å²) in [4.78, 5) is 29.8. The zero-order valence-corrected chi connectivity index (χ0v) is 29.5. The van der Waals surface area contributed by atoms with E-state index in [1.54, 1.807) is 30.3 Å². The van der Waals surface area contributed by atoms with Crippen LogP contribution in [0.25, 0.3) is 0 Å². The average molecular weight is 717 g/mol. The molecule has 0 aliphatic rings. The number of amides is 2. The standard InChI is InChI=1S/C35H36Cl3N3O5S/c1-23(2)39-35(43)32(19-25-8-6-5-7-9-25)40(21-26-12-16-29(36)30(37)18-26)34(42)22-41(27-13-17-33(46-4)31(38)20-27)47(44,45)28-14-10-24(3)11-15-28/h5-18,20,23,32H,19,21-22H2,1-4H3,(H,39,43)/t32-/m0/s1. The van der Waals surface area contributed by atoms with Crippen molar-refractivity contribution in [2.75, 3.05) is 18.0 Å². The van der Waals surface area contributed by atoms with Gasteiger partial charge in [0.1, 0.15) is 18.3 Å². The van der Waals surface area contributed by atoms with Crippen LogP contribution in [0.1, 0.15) is 30.5 Å². The Bertz CT molecular complexity index is 1820. The molecule has 0 spiro atoms. The molecule has 0 radical (unpaired) electrons. The van der Waals surface area contributed by atoms with Crippen molar-refractivity contribution < 1.29 is 22.7 Å². The van der Waals surface area contributed by atoms with E-state index in [0.717, 1.165) is 15.4 Å². The maximum absolute atomic E-state index is 14.6. The first-order valence-electron chi connectivity index (χ1n) is 14.8. The highest BCUT2D eigenvalue weighted by atomic mass is 35.5. The Hall–Kier alpha value is -3.76. The third-order valence-corrected chi connectivity index (χ3v) is 10.2. The van der Waals surface area contributed by atoms with Crippen LogP contribution in [0.3, 0.4) is 0 Å². The van der Waals surface area contributed by atoms with Gasteiger partial charge in [0.05, 0.1) is 32.8 Å². The summed E-state index contributed by atoms with van der Waals surface area (Å²) in [7, 11) is -2.85. The van der Waals surface area contributed by atoms with Gasteiger partial charge in [-0.3, -0.25) is 13.9 Å². The number of benzene rings is 4. The number of sulfonamides is 1. The molecule has 0 fully saturated rings. The average Bonchev–Trinajstić information content (AvgIpc) is 3.03. The van der Waals surface area contributed by atoms with Crippen LogP contribution in [0, 0.1) is 6.92 Å². The van der Waals surface area contributed by atoms with E-state index in [0.29, 0.717) is 16.3 Å². The fourth-order valence-corrected chi connectivity index (χ4v) is 6.92. The van der Waals surface area contributed by atoms with Gasteiger partial charge < -0.3 is 15.0 Å². The molecule has 0 unspecified atom stereocenters. The fraction of sp³-hybridized carbons (Fsp3) is 0.257. The highest BCUT2D eigenvalue weighted by Crippen LogP contribution is 2.32. The minimum absolute atomic E-state index is 0.0164. The monoisotopic (exact) mass is 715 g/mol. The normalized spacial score (nSPS) is 12.0. The van der Waals surface area contributed by atoms with Crippen molar-refractivity contribution in [2.45, 2.75) is 50.7 Å². The molecule has 4 rings (SSSR count). The molecule has 8 nitrogen and oxygen atoms in total. The number of carbonyl (C=O) groups excluding carboxylic acids is 2. The number of rotatable bonds is 13. The molecule has 0 aliphatic carbocycles. The van der Waals surface area contributed by atoms with E-state index in [2.05, 4.69) is 5.32 Å². The summed E-state index contributed by atoms with van der Waals surface area (Å²) in [5.74, 6) is -0.680. The van der Waals surface area contributed by atoms with Crippen LogP contribution >= 0.6 is 34.8 Å². The minimum Gasteiger partial charge on any atom is -0.495 e. The van der Waals surface area contributed by atoms with Crippen molar-refractivity contribution in [2.24, 2.45) is 0 Å². The molecule has 1 atom stereocenters. The summed E-state index contributed by atoms with van der Waals surface area (Å²) < 4.78 is 34.7. The number of nitrogens with one attached hydrogen (secondary N) is 1. The summed E-state index contributed by atoms with van der Waals surface area (Å²) in [6, 6.07) is 23.8. The number of anilines is 1. The Kier molecular flexibility index (Phi) is 12.2. The number of nitrogens with zero attached hydrogens (tertiary/aromatic N) is 2. The summed E-state index contributed by atoms with van der Waals surface area (Å²) in [5, 5.41) is 3.70. The second-order valence-corrected chi connectivity index (χ2v) is 14.4. The second-order valence-electron chi connectivity index (χ2n) is 11.3. The molecule has 248 valence electrons. The van der Waals surface area contributed by atoms with Crippen LogP contribution < -0.4 is 14.4 Å². The third kappa shape index (κ3) is 9.20. The number of carbonyl (C=O) groups is 2. The highest BCUT2D eigenvalue weighted by molar-refractivity contribution is 7.92. The Labute approximate surface area is 291 Å². The molecule has 0 bridgehead atoms. The van der Waals surface area contributed by atoms with Crippen LogP contribution in [0.2, 0.25) is 15.1 Å². The molecule has 4 aromatic carbocycles. The van der Waals surface area contributed by atoms with E-state index in [1.807, 2.05) is 51.1 Å².